The number of hydrogen-bond donors (Lipinski definition) is 2. The number of nitrogens with zero attached hydrogens (tertiary/aromatic N) is 6. The summed E-state index contributed by atoms with van der Waals surface area (Å²) in [5.74, 6) is 0.265. The molecule has 5 rings (SSSR count). The molecule has 3 aromatic heterocycles. The van der Waals surface area contributed by atoms with Crippen molar-refractivity contribution in [3.63, 3.8) is 0 Å². The van der Waals surface area contributed by atoms with Gasteiger partial charge < -0.3 is 20.7 Å². The van der Waals surface area contributed by atoms with E-state index in [0.29, 0.717) is 22.9 Å². The van der Waals surface area contributed by atoms with Gasteiger partial charge in [0.05, 0.1) is 46.9 Å². The van der Waals surface area contributed by atoms with Crippen LogP contribution in [0.5, 0.6) is 5.88 Å². The normalized spacial score (nSPS) is 14.8. The van der Waals surface area contributed by atoms with Gasteiger partial charge in [0.15, 0.2) is 0 Å². The molecule has 0 radical (unpaired) electrons. The van der Waals surface area contributed by atoms with Crippen molar-refractivity contribution in [3.05, 3.63) is 70.9 Å². The summed E-state index contributed by atoms with van der Waals surface area (Å²) in [6.07, 6.45) is 7.72. The summed E-state index contributed by atoms with van der Waals surface area (Å²) >= 11 is 6.27. The highest BCUT2D eigenvalue weighted by molar-refractivity contribution is 6.33. The van der Waals surface area contributed by atoms with Gasteiger partial charge in [-0.15, -0.1) is 0 Å². The number of piperidine rings is 1. The molecule has 0 bridgehead atoms. The van der Waals surface area contributed by atoms with Crippen LogP contribution in [0.15, 0.2) is 53.9 Å². The monoisotopic (exact) mass is 560 g/mol. The molecule has 1 aromatic carbocycles. The van der Waals surface area contributed by atoms with Crippen molar-refractivity contribution in [1.82, 2.24) is 19.5 Å². The number of aromatic nitrogens is 3. The lowest BCUT2D eigenvalue weighted by atomic mass is 10.0. The van der Waals surface area contributed by atoms with Gasteiger partial charge >= 0.3 is 0 Å². The number of nitriles is 1. The lowest BCUT2D eigenvalue weighted by molar-refractivity contribution is 0.223. The first kappa shape index (κ1) is 27.4. The van der Waals surface area contributed by atoms with Crippen LogP contribution < -0.4 is 15.8 Å². The molecule has 1 saturated heterocycles. The molecule has 0 saturated carbocycles. The van der Waals surface area contributed by atoms with E-state index in [1.807, 2.05) is 25.3 Å². The van der Waals surface area contributed by atoms with Gasteiger partial charge in [-0.3, -0.25) is 0 Å². The number of pyridine rings is 1. The summed E-state index contributed by atoms with van der Waals surface area (Å²) in [5, 5.41) is 17.6. The lowest BCUT2D eigenvalue weighted by Gasteiger charge is -2.32. The summed E-state index contributed by atoms with van der Waals surface area (Å²) < 4.78 is 21.0. The van der Waals surface area contributed by atoms with E-state index in [4.69, 9.17) is 27.3 Å². The Kier molecular flexibility index (Phi) is 8.14. The van der Waals surface area contributed by atoms with E-state index in [9.17, 15) is 4.39 Å². The molecule has 1 aliphatic rings. The van der Waals surface area contributed by atoms with Crippen LogP contribution in [0.1, 0.15) is 30.4 Å². The number of likely N-dealkylation sites (tertiary alicyclic amines) is 1. The average molecular weight is 561 g/mol. The highest BCUT2D eigenvalue weighted by atomic mass is 35.5. The molecule has 4 heterocycles. The van der Waals surface area contributed by atoms with Crippen molar-refractivity contribution >= 4 is 34.3 Å². The van der Waals surface area contributed by atoms with Crippen molar-refractivity contribution in [2.75, 3.05) is 32.1 Å². The fraction of sp³-hybridized carbons (Fsp3) is 0.310. The third-order valence-electron chi connectivity index (χ3n) is 7.14. The van der Waals surface area contributed by atoms with Gasteiger partial charge in [0, 0.05) is 67.8 Å². The molecule has 3 N–H and O–H groups in total. The van der Waals surface area contributed by atoms with Crippen LogP contribution in [0, 0.1) is 24.1 Å². The zero-order chi connectivity index (χ0) is 28.2. The number of amidine groups is 1. The second-order valence-electron chi connectivity index (χ2n) is 9.79. The number of hydrogen-bond acceptors (Lipinski definition) is 7. The minimum absolute atomic E-state index is 0.168. The van der Waals surface area contributed by atoms with Crippen LogP contribution >= 0.6 is 11.6 Å². The molecule has 206 valence electrons. The van der Waals surface area contributed by atoms with Crippen molar-refractivity contribution in [2.45, 2.75) is 32.2 Å². The van der Waals surface area contributed by atoms with Crippen molar-refractivity contribution in [1.29, 1.82) is 5.26 Å². The predicted octanol–water partition coefficient (Wildman–Crippen LogP) is 5.33. The van der Waals surface area contributed by atoms with Crippen LogP contribution in [-0.2, 0) is 0 Å². The third kappa shape index (κ3) is 5.86. The number of methoxy groups -OCH3 is 1. The Bertz CT molecular complexity index is 1600. The minimum atomic E-state index is -0.453. The highest BCUT2D eigenvalue weighted by Crippen LogP contribution is 2.33. The van der Waals surface area contributed by atoms with Crippen LogP contribution in [0.4, 0.5) is 15.8 Å². The van der Waals surface area contributed by atoms with Gasteiger partial charge in [0.25, 0.3) is 0 Å². The first-order chi connectivity index (χ1) is 19.4. The van der Waals surface area contributed by atoms with Crippen LogP contribution in [-0.4, -0.2) is 58.1 Å². The molecule has 0 spiro atoms. The average Bonchev–Trinajstić information content (AvgIpc) is 3.39. The Morgan fingerprint density at radius 2 is 2.08 bits per heavy atom. The van der Waals surface area contributed by atoms with E-state index in [1.165, 1.54) is 18.2 Å². The van der Waals surface area contributed by atoms with E-state index >= 15 is 0 Å². The molecule has 0 aliphatic carbocycles. The number of nitrogens with one attached hydrogen (secondary N) is 1. The topological polar surface area (TPSA) is 117 Å². The van der Waals surface area contributed by atoms with Crippen molar-refractivity contribution in [2.24, 2.45) is 10.7 Å². The van der Waals surface area contributed by atoms with Crippen LogP contribution in [0.3, 0.4) is 0 Å². The maximum Gasteiger partial charge on any atom is 0.213 e. The summed E-state index contributed by atoms with van der Waals surface area (Å²) in [7, 11) is 1.59. The number of halogens is 2. The van der Waals surface area contributed by atoms with Crippen molar-refractivity contribution in [3.8, 4) is 23.1 Å². The molecule has 0 atom stereocenters. The first-order valence-corrected chi connectivity index (χ1v) is 13.4. The molecule has 9 nitrogen and oxygen atoms in total. The van der Waals surface area contributed by atoms with Gasteiger partial charge in [0.2, 0.25) is 5.88 Å². The molecular formula is C29H30ClFN8O. The Morgan fingerprint density at radius 3 is 2.80 bits per heavy atom. The quantitative estimate of drug-likeness (QED) is 0.221. The van der Waals surface area contributed by atoms with E-state index in [2.05, 4.69) is 31.4 Å². The number of aryl methyl sites for hydroxylation is 1. The zero-order valence-corrected chi connectivity index (χ0v) is 23.1. The molecule has 4 aromatic rings. The second-order valence-corrected chi connectivity index (χ2v) is 10.2. The number of ether oxygens (including phenoxy) is 1. The Hall–Kier alpha value is -4.20. The highest BCUT2D eigenvalue weighted by Gasteiger charge is 2.23. The largest absolute Gasteiger partial charge is 0.481 e. The van der Waals surface area contributed by atoms with E-state index < -0.39 is 5.82 Å². The fourth-order valence-electron chi connectivity index (χ4n) is 4.97. The standard InChI is InChI=1S/C29H30ClFN8O/c1-18-12-27(40-2)34-15-22(18)19-13-26-28(36-21-6-10-38(11-7-21)9-3-8-32)23(16-35-39(26)17-19)29(33)37-25-14-20(31)4-5-24(25)30/h4-5,12-17,21,36H,3,6-7,9-11H2,1-2H3,(H2,33,37). The van der Waals surface area contributed by atoms with E-state index in [1.54, 1.807) is 24.0 Å². The van der Waals surface area contributed by atoms with Gasteiger partial charge in [-0.1, -0.05) is 11.6 Å². The second kappa shape index (κ2) is 11.9. The molecule has 1 aliphatic heterocycles. The lowest BCUT2D eigenvalue weighted by Crippen LogP contribution is -2.39. The molecule has 1 fully saturated rings. The van der Waals surface area contributed by atoms with Crippen LogP contribution in [0.25, 0.3) is 16.6 Å². The molecule has 11 heteroatoms. The smallest absolute Gasteiger partial charge is 0.213 e. The number of aliphatic imine (C=N–C) groups is 1. The van der Waals surface area contributed by atoms with E-state index in [0.717, 1.165) is 60.4 Å². The summed E-state index contributed by atoms with van der Waals surface area (Å²) in [4.78, 5) is 11.2. The zero-order valence-electron chi connectivity index (χ0n) is 22.4. The minimum Gasteiger partial charge on any atom is -0.481 e. The SMILES string of the molecule is COc1cc(C)c(-c2cc3c(NC4CCN(CCC#N)CC4)c(C(N)=Nc4cc(F)ccc4Cl)cnn3c2)cn1. The van der Waals surface area contributed by atoms with Crippen molar-refractivity contribution < 1.29 is 9.13 Å². The number of fused-ring (bicyclic) bond motifs is 1. The predicted molar refractivity (Wildman–Crippen MR) is 155 cm³/mol. The fourth-order valence-corrected chi connectivity index (χ4v) is 5.13. The summed E-state index contributed by atoms with van der Waals surface area (Å²) in [6.45, 7) is 4.57. The first-order valence-electron chi connectivity index (χ1n) is 13.0. The number of anilines is 1. The van der Waals surface area contributed by atoms with Gasteiger partial charge in [-0.25, -0.2) is 18.9 Å². The Morgan fingerprint density at radius 1 is 1.27 bits per heavy atom. The molecular weight excluding hydrogens is 531 g/mol. The van der Waals surface area contributed by atoms with Crippen LogP contribution in [0.2, 0.25) is 5.02 Å². The Balaban J connectivity index is 1.55. The van der Waals surface area contributed by atoms with Gasteiger partial charge in [-0.05, 0) is 43.5 Å². The summed E-state index contributed by atoms with van der Waals surface area (Å²) in [5.41, 5.74) is 11.9. The molecule has 0 amide bonds. The number of rotatable bonds is 8. The number of benzene rings is 1. The molecule has 0 unspecified atom stereocenters. The maximum atomic E-state index is 13.9. The molecule has 40 heavy (non-hydrogen) atoms. The Labute approximate surface area is 237 Å². The van der Waals surface area contributed by atoms with E-state index in [-0.39, 0.29) is 17.6 Å². The number of nitrogens with two attached hydrogens (primary N) is 1. The van der Waals surface area contributed by atoms with Gasteiger partial charge in [0.1, 0.15) is 11.7 Å². The maximum absolute atomic E-state index is 13.9. The van der Waals surface area contributed by atoms with Gasteiger partial charge in [-0.2, -0.15) is 10.4 Å². The summed E-state index contributed by atoms with van der Waals surface area (Å²) in [6, 6.07) is 10.3. The third-order valence-corrected chi connectivity index (χ3v) is 7.46.